The van der Waals surface area contributed by atoms with E-state index in [-0.39, 0.29) is 18.6 Å². The number of benzene rings is 3. The van der Waals surface area contributed by atoms with Crippen molar-refractivity contribution < 1.29 is 28.5 Å². The molecule has 0 bridgehead atoms. The first kappa shape index (κ1) is 23.8. The largest absolute Gasteiger partial charge is 0.496 e. The lowest BCUT2D eigenvalue weighted by Crippen LogP contribution is -2.26. The Morgan fingerprint density at radius 1 is 0.972 bits per heavy atom. The Kier molecular flexibility index (Phi) is 6.59. The fraction of sp³-hybridized carbons (Fsp3) is 0.300. The molecule has 1 aliphatic heterocycles. The first-order chi connectivity index (χ1) is 17.5. The second-order valence-corrected chi connectivity index (χ2v) is 9.24. The highest BCUT2D eigenvalue weighted by Crippen LogP contribution is 2.55. The van der Waals surface area contributed by atoms with E-state index in [0.717, 1.165) is 40.0 Å². The molecule has 0 spiro atoms. The maximum absolute atomic E-state index is 13.1. The predicted molar refractivity (Wildman–Crippen MR) is 137 cm³/mol. The number of esters is 1. The average Bonchev–Trinajstić information content (AvgIpc) is 3.37. The van der Waals surface area contributed by atoms with Crippen LogP contribution in [0.4, 0.5) is 0 Å². The van der Waals surface area contributed by atoms with Crippen LogP contribution in [-0.4, -0.2) is 27.0 Å². The molecule has 0 saturated carbocycles. The van der Waals surface area contributed by atoms with E-state index in [1.807, 2.05) is 48.5 Å². The number of methoxy groups -OCH3 is 2. The summed E-state index contributed by atoms with van der Waals surface area (Å²) in [4.78, 5) is 13.1. The first-order valence-corrected chi connectivity index (χ1v) is 12.1. The zero-order valence-corrected chi connectivity index (χ0v) is 20.9. The number of fused-ring (bicyclic) bond motifs is 4. The Hall–Kier alpha value is -3.93. The number of carbonyl (C=O) groups excluding carboxylic acids is 1. The second kappa shape index (κ2) is 9.97. The Morgan fingerprint density at radius 3 is 2.53 bits per heavy atom. The van der Waals surface area contributed by atoms with Gasteiger partial charge in [0.2, 0.25) is 12.5 Å². The zero-order chi connectivity index (χ0) is 25.2. The molecule has 0 radical (unpaired) electrons. The van der Waals surface area contributed by atoms with Crippen LogP contribution in [0.3, 0.4) is 0 Å². The van der Waals surface area contributed by atoms with Crippen LogP contribution in [0.5, 0.6) is 23.0 Å². The van der Waals surface area contributed by atoms with Crippen molar-refractivity contribution in [3.05, 3.63) is 77.4 Å². The molecular formula is C30H30O6. The number of carbonyl (C=O) groups is 1. The molecule has 6 nitrogen and oxygen atoms in total. The van der Waals surface area contributed by atoms with Gasteiger partial charge in [-0.25, -0.2) is 4.79 Å². The average molecular weight is 487 g/mol. The summed E-state index contributed by atoms with van der Waals surface area (Å²) in [5, 5.41) is 0. The van der Waals surface area contributed by atoms with Gasteiger partial charge in [0, 0.05) is 28.7 Å². The third kappa shape index (κ3) is 4.28. The quantitative estimate of drug-likeness (QED) is 0.315. The molecule has 36 heavy (non-hydrogen) atoms. The minimum Gasteiger partial charge on any atom is -0.496 e. The van der Waals surface area contributed by atoms with Crippen LogP contribution in [0.2, 0.25) is 0 Å². The highest BCUT2D eigenvalue weighted by atomic mass is 16.7. The van der Waals surface area contributed by atoms with Crippen molar-refractivity contribution >= 4 is 12.0 Å². The van der Waals surface area contributed by atoms with Crippen LogP contribution < -0.4 is 18.9 Å². The Balaban J connectivity index is 1.67. The van der Waals surface area contributed by atoms with Crippen LogP contribution in [-0.2, 0) is 16.0 Å². The Bertz CT molecular complexity index is 1300. The van der Waals surface area contributed by atoms with Gasteiger partial charge >= 0.3 is 5.97 Å². The van der Waals surface area contributed by atoms with Crippen molar-refractivity contribution in [1.29, 1.82) is 0 Å². The minimum absolute atomic E-state index is 0.0160. The minimum atomic E-state index is -0.538. The molecular weight excluding hydrogens is 456 g/mol. The van der Waals surface area contributed by atoms with Crippen molar-refractivity contribution in [2.45, 2.75) is 26.4 Å². The molecule has 186 valence electrons. The van der Waals surface area contributed by atoms with Gasteiger partial charge in [-0.05, 0) is 41.7 Å². The summed E-state index contributed by atoms with van der Waals surface area (Å²) in [7, 11) is 3.27. The molecule has 0 saturated heterocycles. The van der Waals surface area contributed by atoms with Gasteiger partial charge in [0.05, 0.1) is 14.2 Å². The number of rotatable bonds is 5. The molecule has 0 aromatic heterocycles. The summed E-state index contributed by atoms with van der Waals surface area (Å²) in [6.45, 7) is 4.41. The summed E-state index contributed by atoms with van der Waals surface area (Å²) in [5.74, 6) is 2.21. The summed E-state index contributed by atoms with van der Waals surface area (Å²) >= 11 is 0. The van der Waals surface area contributed by atoms with E-state index < -0.39 is 12.1 Å². The van der Waals surface area contributed by atoms with Gasteiger partial charge in [-0.2, -0.15) is 0 Å². The summed E-state index contributed by atoms with van der Waals surface area (Å²) < 4.78 is 29.5. The van der Waals surface area contributed by atoms with Crippen molar-refractivity contribution in [1.82, 2.24) is 0 Å². The molecule has 0 fully saturated rings. The fourth-order valence-corrected chi connectivity index (χ4v) is 5.09. The third-order valence-corrected chi connectivity index (χ3v) is 7.11. The lowest BCUT2D eigenvalue weighted by molar-refractivity contribution is -0.146. The smallest absolute Gasteiger partial charge is 0.331 e. The van der Waals surface area contributed by atoms with Gasteiger partial charge in [-0.15, -0.1) is 0 Å². The normalized spacial score (nSPS) is 20.2. The Labute approximate surface area is 211 Å². The maximum atomic E-state index is 13.1. The molecule has 5 rings (SSSR count). The van der Waals surface area contributed by atoms with Gasteiger partial charge in [-0.1, -0.05) is 56.3 Å². The van der Waals surface area contributed by atoms with Crippen molar-refractivity contribution in [2.75, 3.05) is 21.0 Å². The van der Waals surface area contributed by atoms with Crippen LogP contribution in [0, 0.1) is 11.8 Å². The monoisotopic (exact) mass is 486 g/mol. The number of ether oxygens (including phenoxy) is 5. The third-order valence-electron chi connectivity index (χ3n) is 7.11. The molecule has 1 aliphatic carbocycles. The fourth-order valence-electron chi connectivity index (χ4n) is 5.09. The molecule has 0 amide bonds. The Morgan fingerprint density at radius 2 is 1.78 bits per heavy atom. The number of hydrogen-bond acceptors (Lipinski definition) is 6. The second-order valence-electron chi connectivity index (χ2n) is 9.24. The summed E-state index contributed by atoms with van der Waals surface area (Å²) in [5.41, 5.74) is 4.60. The molecule has 1 heterocycles. The predicted octanol–water partition coefficient (Wildman–Crippen LogP) is 6.23. The topological polar surface area (TPSA) is 63.2 Å². The van der Waals surface area contributed by atoms with Gasteiger partial charge in [-0.3, -0.25) is 0 Å². The van der Waals surface area contributed by atoms with E-state index in [9.17, 15) is 4.79 Å². The van der Waals surface area contributed by atoms with E-state index in [4.69, 9.17) is 23.7 Å². The molecule has 0 unspecified atom stereocenters. The standard InChI is InChI=1S/C30H30O6/c1-18-15-21-11-8-12-23(32-3)26(21)27-22(16-24-29(30(27)33-4)35-17-34-24)28(19(18)2)36-25(31)14-13-20-9-6-5-7-10-20/h5-14,16,18-19,28H,15,17H2,1-4H3/b14-13+/t18-,19-,28+/m1/s1. The first-order valence-electron chi connectivity index (χ1n) is 12.1. The van der Waals surface area contributed by atoms with E-state index in [0.29, 0.717) is 17.2 Å². The molecule has 2 aliphatic rings. The summed E-state index contributed by atoms with van der Waals surface area (Å²) in [6.07, 6.45) is 3.49. The van der Waals surface area contributed by atoms with Gasteiger partial charge in [0.1, 0.15) is 11.9 Å². The van der Waals surface area contributed by atoms with E-state index in [1.54, 1.807) is 20.3 Å². The van der Waals surface area contributed by atoms with Gasteiger partial charge in [0.25, 0.3) is 0 Å². The maximum Gasteiger partial charge on any atom is 0.331 e. The van der Waals surface area contributed by atoms with Crippen LogP contribution in [0.1, 0.15) is 36.6 Å². The van der Waals surface area contributed by atoms with Crippen LogP contribution in [0.15, 0.2) is 60.7 Å². The SMILES string of the molecule is COc1cccc2c1-c1c(cc3c(c1OC)OCO3)[C@@H](OC(=O)/C=C/c1ccccc1)[C@H](C)[C@H](C)C2. The molecule has 0 N–H and O–H groups in total. The van der Waals surface area contributed by atoms with Crippen molar-refractivity contribution in [3.8, 4) is 34.1 Å². The van der Waals surface area contributed by atoms with Gasteiger partial charge < -0.3 is 23.7 Å². The van der Waals surface area contributed by atoms with Crippen LogP contribution in [0.25, 0.3) is 17.2 Å². The number of hydrogen-bond donors (Lipinski definition) is 0. The van der Waals surface area contributed by atoms with Crippen molar-refractivity contribution in [2.24, 2.45) is 11.8 Å². The molecule has 6 heteroatoms. The van der Waals surface area contributed by atoms with Crippen molar-refractivity contribution in [3.63, 3.8) is 0 Å². The van der Waals surface area contributed by atoms with E-state index in [1.165, 1.54) is 6.08 Å². The highest BCUT2D eigenvalue weighted by Gasteiger charge is 2.38. The van der Waals surface area contributed by atoms with E-state index in [2.05, 4.69) is 19.9 Å². The molecule has 3 aromatic carbocycles. The summed E-state index contributed by atoms with van der Waals surface area (Å²) in [6, 6.07) is 17.6. The molecule has 3 atom stereocenters. The molecule has 3 aromatic rings. The lowest BCUT2D eigenvalue weighted by atomic mass is 9.76. The highest BCUT2D eigenvalue weighted by molar-refractivity contribution is 5.89. The zero-order valence-electron chi connectivity index (χ0n) is 20.9. The van der Waals surface area contributed by atoms with Gasteiger partial charge in [0.15, 0.2) is 11.5 Å². The van der Waals surface area contributed by atoms with E-state index >= 15 is 0 Å². The van der Waals surface area contributed by atoms with Crippen LogP contribution >= 0.6 is 0 Å². The lowest BCUT2D eigenvalue weighted by Gasteiger charge is -2.34.